The molecule has 0 aliphatic carbocycles. The van der Waals surface area contributed by atoms with Crippen LogP contribution in [0.1, 0.15) is 0 Å². The first-order valence-corrected chi connectivity index (χ1v) is 22.4. The zero-order chi connectivity index (χ0) is 18.7. The van der Waals surface area contributed by atoms with E-state index in [1.165, 1.54) is 0 Å². The van der Waals surface area contributed by atoms with E-state index in [4.69, 9.17) is 16.5 Å². The average molecular weight is 409 g/mol. The van der Waals surface area contributed by atoms with Crippen molar-refractivity contribution in [1.82, 2.24) is 0 Å². The van der Waals surface area contributed by atoms with Gasteiger partial charge in [0.05, 0.1) is 0 Å². The third-order valence-electron chi connectivity index (χ3n) is 2.98. The Morgan fingerprint density at radius 3 is 0.913 bits per heavy atom. The molecule has 4 nitrogen and oxygen atoms in total. The predicted molar refractivity (Wildman–Crippen MR) is 112 cm³/mol. The molecule has 0 aromatic carbocycles. The van der Waals surface area contributed by atoms with Crippen LogP contribution in [-0.4, -0.2) is 42.3 Å². The lowest BCUT2D eigenvalue weighted by Gasteiger charge is -2.41. The third kappa shape index (κ3) is 10.1. The molecular weight excluding hydrogens is 373 g/mol. The van der Waals surface area contributed by atoms with Gasteiger partial charge in [-0.2, -0.15) is 0 Å². The molecule has 0 amide bonds. The molecule has 136 valence electrons. The van der Waals surface area contributed by atoms with Gasteiger partial charge in [-0.1, -0.05) is 11.4 Å². The van der Waals surface area contributed by atoms with Crippen molar-refractivity contribution in [2.24, 2.45) is 0 Å². The van der Waals surface area contributed by atoms with Crippen molar-refractivity contribution in [3.8, 4) is 0 Å². The first kappa shape index (κ1) is 23.4. The van der Waals surface area contributed by atoms with Crippen molar-refractivity contribution in [3.05, 3.63) is 24.6 Å². The molecule has 23 heavy (non-hydrogen) atoms. The summed E-state index contributed by atoms with van der Waals surface area (Å²) in [4.78, 5) is 0. The summed E-state index contributed by atoms with van der Waals surface area (Å²) in [5.74, 6) is 0. The maximum Gasteiger partial charge on any atom is 0.314 e. The van der Waals surface area contributed by atoms with Crippen molar-refractivity contribution in [3.63, 3.8) is 0 Å². The Labute approximate surface area is 148 Å². The van der Waals surface area contributed by atoms with Gasteiger partial charge in [0.2, 0.25) is 0 Å². The molecule has 0 radical (unpaired) electrons. The largest absolute Gasteiger partial charge is 0.433 e. The third-order valence-corrected chi connectivity index (χ3v) is 21.0. The van der Waals surface area contributed by atoms with E-state index >= 15 is 0 Å². The minimum atomic E-state index is -2.35. The average Bonchev–Trinajstić information content (AvgIpc) is 2.22. The summed E-state index contributed by atoms with van der Waals surface area (Å²) in [6.45, 7) is 28.8. The number of rotatable bonds is 10. The minimum absolute atomic E-state index is 1.87. The van der Waals surface area contributed by atoms with E-state index in [1.807, 2.05) is 11.4 Å². The first-order valence-electron chi connectivity index (χ1n) is 8.03. The minimum Gasteiger partial charge on any atom is -0.433 e. The monoisotopic (exact) mass is 408 g/mol. The Hall–Kier alpha value is 0.404. The summed E-state index contributed by atoms with van der Waals surface area (Å²) in [6, 6.07) is 0. The van der Waals surface area contributed by atoms with Crippen LogP contribution in [0.15, 0.2) is 24.6 Å². The second-order valence-electron chi connectivity index (χ2n) is 8.22. The maximum atomic E-state index is 6.41. The van der Waals surface area contributed by atoms with E-state index in [9.17, 15) is 0 Å². The van der Waals surface area contributed by atoms with Gasteiger partial charge in [0.1, 0.15) is 0 Å². The molecule has 0 saturated heterocycles. The highest BCUT2D eigenvalue weighted by Gasteiger charge is 2.44. The summed E-state index contributed by atoms with van der Waals surface area (Å²) in [5.41, 5.74) is 3.89. The van der Waals surface area contributed by atoms with Gasteiger partial charge in [0, 0.05) is 0 Å². The lowest BCUT2D eigenvalue weighted by molar-refractivity contribution is 0.301. The molecule has 0 heterocycles. The summed E-state index contributed by atoms with van der Waals surface area (Å²) >= 11 is 0. The van der Waals surface area contributed by atoms with Crippen LogP contribution in [0.25, 0.3) is 0 Å². The Bertz CT molecular complexity index is 395. The molecule has 0 unspecified atom stereocenters. The summed E-state index contributed by atoms with van der Waals surface area (Å²) in [7, 11) is -10.7. The zero-order valence-corrected chi connectivity index (χ0v) is 21.7. The van der Waals surface area contributed by atoms with E-state index in [0.717, 1.165) is 0 Å². The van der Waals surface area contributed by atoms with Crippen LogP contribution < -0.4 is 0 Å². The SMILES string of the molecule is C=C[Si](C)(C)O[Si](C)(C)O[Si](C)(C)O[Si](C)(C)O[Si](C)(C)C=C. The van der Waals surface area contributed by atoms with Crippen LogP contribution in [0.3, 0.4) is 0 Å². The highest BCUT2D eigenvalue weighted by Crippen LogP contribution is 2.26. The molecule has 0 aliphatic heterocycles. The molecule has 0 atom stereocenters. The summed E-state index contributed by atoms with van der Waals surface area (Å²) in [6.07, 6.45) is 0. The lowest BCUT2D eigenvalue weighted by atomic mass is 11.3. The molecule has 0 bridgehead atoms. The fourth-order valence-corrected chi connectivity index (χ4v) is 24.5. The zero-order valence-electron chi connectivity index (χ0n) is 16.7. The standard InChI is InChI=1S/C14H36O4Si5/c1-13-19(3,4)15-21(7,8)17-23(11,12)18-22(9,10)16-20(5,6)14-2/h13-14H,1-2H2,3-12H3. The van der Waals surface area contributed by atoms with Gasteiger partial charge >= 0.3 is 25.7 Å². The molecular formula is C14H36O4Si5. The normalized spacial score (nSPS) is 14.7. The van der Waals surface area contributed by atoms with Gasteiger partial charge in [0.15, 0.2) is 16.6 Å². The molecule has 0 N–H and O–H groups in total. The van der Waals surface area contributed by atoms with E-state index in [1.54, 1.807) is 0 Å². The molecule has 0 fully saturated rings. The molecule has 0 saturated carbocycles. The lowest BCUT2D eigenvalue weighted by Crippen LogP contribution is -2.58. The summed E-state index contributed by atoms with van der Waals surface area (Å²) < 4.78 is 25.4. The van der Waals surface area contributed by atoms with Crippen molar-refractivity contribution in [1.29, 1.82) is 0 Å². The van der Waals surface area contributed by atoms with E-state index in [0.29, 0.717) is 0 Å². The molecule has 0 aromatic rings. The molecule has 0 aromatic heterocycles. The van der Waals surface area contributed by atoms with Crippen LogP contribution in [-0.2, 0) is 16.5 Å². The molecule has 0 rings (SSSR count). The molecule has 0 spiro atoms. The van der Waals surface area contributed by atoms with Crippen LogP contribution in [0, 0.1) is 0 Å². The van der Waals surface area contributed by atoms with E-state index < -0.39 is 42.3 Å². The van der Waals surface area contributed by atoms with E-state index in [2.05, 4.69) is 78.6 Å². The Morgan fingerprint density at radius 1 is 0.478 bits per heavy atom. The van der Waals surface area contributed by atoms with Crippen molar-refractivity contribution < 1.29 is 16.5 Å². The van der Waals surface area contributed by atoms with Gasteiger partial charge in [-0.3, -0.25) is 0 Å². The highest BCUT2D eigenvalue weighted by molar-refractivity contribution is 6.91. The van der Waals surface area contributed by atoms with Crippen LogP contribution >= 0.6 is 0 Å². The van der Waals surface area contributed by atoms with Crippen LogP contribution in [0.4, 0.5) is 0 Å². The van der Waals surface area contributed by atoms with Gasteiger partial charge in [0.25, 0.3) is 0 Å². The second kappa shape index (κ2) is 7.75. The quantitative estimate of drug-likeness (QED) is 0.476. The van der Waals surface area contributed by atoms with Crippen molar-refractivity contribution >= 4 is 42.3 Å². The predicted octanol–water partition coefficient (Wildman–Crippen LogP) is 5.02. The van der Waals surface area contributed by atoms with E-state index in [-0.39, 0.29) is 0 Å². The van der Waals surface area contributed by atoms with Crippen molar-refractivity contribution in [2.45, 2.75) is 65.5 Å². The Morgan fingerprint density at radius 2 is 0.696 bits per heavy atom. The second-order valence-corrected chi connectivity index (χ2v) is 27.1. The fraction of sp³-hybridized carbons (Fsp3) is 0.714. The van der Waals surface area contributed by atoms with Gasteiger partial charge in [-0.25, -0.2) is 0 Å². The van der Waals surface area contributed by atoms with Gasteiger partial charge in [-0.05, 0) is 65.5 Å². The van der Waals surface area contributed by atoms with Crippen LogP contribution in [0.2, 0.25) is 65.5 Å². The topological polar surface area (TPSA) is 36.9 Å². The fourth-order valence-electron chi connectivity index (χ4n) is 2.60. The highest BCUT2D eigenvalue weighted by atomic mass is 28.5. The molecule has 0 aliphatic rings. The smallest absolute Gasteiger partial charge is 0.314 e. The number of hydrogen-bond donors (Lipinski definition) is 0. The van der Waals surface area contributed by atoms with Crippen LogP contribution in [0.5, 0.6) is 0 Å². The number of hydrogen-bond acceptors (Lipinski definition) is 4. The Kier molecular flexibility index (Phi) is 7.88. The summed E-state index contributed by atoms with van der Waals surface area (Å²) in [5, 5.41) is 0. The first-order chi connectivity index (χ1) is 9.95. The van der Waals surface area contributed by atoms with Crippen molar-refractivity contribution in [2.75, 3.05) is 0 Å². The Balaban J connectivity index is 4.99. The maximum absolute atomic E-state index is 6.41. The molecule has 9 heteroatoms. The van der Waals surface area contributed by atoms with Gasteiger partial charge in [-0.15, -0.1) is 13.2 Å². The van der Waals surface area contributed by atoms with Gasteiger partial charge < -0.3 is 16.5 Å².